The highest BCUT2D eigenvalue weighted by Gasteiger charge is 2.21. The quantitative estimate of drug-likeness (QED) is 0.700. The Labute approximate surface area is 175 Å². The Morgan fingerprint density at radius 2 is 1.90 bits per heavy atom. The van der Waals surface area contributed by atoms with Crippen molar-refractivity contribution in [1.29, 1.82) is 0 Å². The predicted molar refractivity (Wildman–Crippen MR) is 118 cm³/mol. The molecule has 2 heterocycles. The number of anilines is 1. The second-order valence-corrected chi connectivity index (χ2v) is 8.00. The van der Waals surface area contributed by atoms with E-state index >= 15 is 0 Å². The Hall–Kier alpha value is -2.57. The van der Waals surface area contributed by atoms with E-state index in [9.17, 15) is 4.79 Å². The number of primary amides is 1. The highest BCUT2D eigenvalue weighted by Crippen LogP contribution is 2.25. The number of aromatic nitrogens is 2. The number of amides is 1. The van der Waals surface area contributed by atoms with Gasteiger partial charge >= 0.3 is 0 Å². The monoisotopic (exact) mass is 411 g/mol. The topological polar surface area (TPSA) is 67.4 Å². The van der Waals surface area contributed by atoms with E-state index < -0.39 is 5.91 Å². The SMILES string of the molecule is Cn1c(N2CCCN(CCc3ccc(Cl)cc3)CC2)nc2c(C(N)=O)cccc21. The van der Waals surface area contributed by atoms with E-state index in [2.05, 4.69) is 26.5 Å². The van der Waals surface area contributed by atoms with E-state index in [1.165, 1.54) is 5.56 Å². The van der Waals surface area contributed by atoms with Crippen LogP contribution in [-0.4, -0.2) is 53.1 Å². The Morgan fingerprint density at radius 3 is 2.66 bits per heavy atom. The molecule has 0 bridgehead atoms. The number of carbonyl (C=O) groups excluding carboxylic acids is 1. The highest BCUT2D eigenvalue weighted by molar-refractivity contribution is 6.30. The number of hydrogen-bond acceptors (Lipinski definition) is 4. The summed E-state index contributed by atoms with van der Waals surface area (Å²) in [7, 11) is 2.00. The molecule has 6 nitrogen and oxygen atoms in total. The molecule has 2 aromatic carbocycles. The highest BCUT2D eigenvalue weighted by atomic mass is 35.5. The number of aryl methyl sites for hydroxylation is 1. The molecule has 0 atom stereocenters. The molecule has 2 N–H and O–H groups in total. The summed E-state index contributed by atoms with van der Waals surface area (Å²) in [6, 6.07) is 13.7. The van der Waals surface area contributed by atoms with Crippen molar-refractivity contribution in [3.05, 3.63) is 58.6 Å². The van der Waals surface area contributed by atoms with Crippen LogP contribution in [0.4, 0.5) is 5.95 Å². The van der Waals surface area contributed by atoms with Crippen LogP contribution in [0.2, 0.25) is 5.02 Å². The molecular weight excluding hydrogens is 386 g/mol. The van der Waals surface area contributed by atoms with Gasteiger partial charge in [0.15, 0.2) is 0 Å². The van der Waals surface area contributed by atoms with Crippen molar-refractivity contribution in [3.63, 3.8) is 0 Å². The molecule has 1 saturated heterocycles. The number of carbonyl (C=O) groups is 1. The average molecular weight is 412 g/mol. The van der Waals surface area contributed by atoms with Crippen LogP contribution in [0.15, 0.2) is 42.5 Å². The molecule has 29 heavy (non-hydrogen) atoms. The summed E-state index contributed by atoms with van der Waals surface area (Å²) in [5, 5.41) is 0.779. The van der Waals surface area contributed by atoms with Gasteiger partial charge in [0, 0.05) is 38.2 Å². The molecule has 1 aliphatic heterocycles. The molecule has 1 fully saturated rings. The van der Waals surface area contributed by atoms with Crippen LogP contribution in [0.5, 0.6) is 0 Å². The lowest BCUT2D eigenvalue weighted by atomic mass is 10.1. The number of para-hydroxylation sites is 1. The van der Waals surface area contributed by atoms with Crippen LogP contribution in [0.1, 0.15) is 22.3 Å². The molecule has 3 aromatic rings. The minimum atomic E-state index is -0.440. The molecular formula is C22H26ClN5O. The van der Waals surface area contributed by atoms with Crippen molar-refractivity contribution in [1.82, 2.24) is 14.5 Å². The Bertz CT molecular complexity index is 1010. The van der Waals surface area contributed by atoms with E-state index in [1.54, 1.807) is 6.07 Å². The van der Waals surface area contributed by atoms with Crippen LogP contribution >= 0.6 is 11.6 Å². The number of fused-ring (bicyclic) bond motifs is 1. The first kappa shape index (κ1) is 19.7. The molecule has 1 amide bonds. The summed E-state index contributed by atoms with van der Waals surface area (Å²) in [5.41, 5.74) is 8.93. The van der Waals surface area contributed by atoms with E-state index in [-0.39, 0.29) is 0 Å². The van der Waals surface area contributed by atoms with Crippen molar-refractivity contribution in [3.8, 4) is 0 Å². The van der Waals surface area contributed by atoms with Crippen molar-refractivity contribution in [2.24, 2.45) is 12.8 Å². The van der Waals surface area contributed by atoms with Gasteiger partial charge in [-0.05, 0) is 49.2 Å². The normalized spacial score (nSPS) is 15.6. The number of hydrogen-bond donors (Lipinski definition) is 1. The van der Waals surface area contributed by atoms with Gasteiger partial charge in [0.2, 0.25) is 5.95 Å². The van der Waals surface area contributed by atoms with Gasteiger partial charge < -0.3 is 20.1 Å². The lowest BCUT2D eigenvalue weighted by Gasteiger charge is -2.22. The Morgan fingerprint density at radius 1 is 1.10 bits per heavy atom. The summed E-state index contributed by atoms with van der Waals surface area (Å²) in [4.78, 5) is 21.4. The number of nitrogens with two attached hydrogens (primary N) is 1. The zero-order valence-corrected chi connectivity index (χ0v) is 17.4. The van der Waals surface area contributed by atoms with Crippen LogP contribution in [-0.2, 0) is 13.5 Å². The first-order chi connectivity index (χ1) is 14.0. The molecule has 0 spiro atoms. The zero-order chi connectivity index (χ0) is 20.4. The van der Waals surface area contributed by atoms with Gasteiger partial charge in [0.25, 0.3) is 5.91 Å². The Balaban J connectivity index is 1.45. The van der Waals surface area contributed by atoms with Gasteiger partial charge in [-0.1, -0.05) is 29.8 Å². The summed E-state index contributed by atoms with van der Waals surface area (Å²) in [5.74, 6) is 0.456. The van der Waals surface area contributed by atoms with Crippen molar-refractivity contribution in [2.75, 3.05) is 37.6 Å². The zero-order valence-electron chi connectivity index (χ0n) is 16.6. The fourth-order valence-corrected chi connectivity index (χ4v) is 4.14. The van der Waals surface area contributed by atoms with Crippen molar-refractivity contribution in [2.45, 2.75) is 12.8 Å². The van der Waals surface area contributed by atoms with E-state index in [0.717, 1.165) is 62.1 Å². The third kappa shape index (κ3) is 4.23. The second kappa shape index (κ2) is 8.43. The minimum Gasteiger partial charge on any atom is -0.366 e. The van der Waals surface area contributed by atoms with Gasteiger partial charge in [0.05, 0.1) is 11.1 Å². The van der Waals surface area contributed by atoms with E-state index in [0.29, 0.717) is 11.1 Å². The predicted octanol–water partition coefficient (Wildman–Crippen LogP) is 3.08. The van der Waals surface area contributed by atoms with E-state index in [4.69, 9.17) is 22.3 Å². The standard InChI is InChI=1S/C22H26ClN5O/c1-26-19-5-2-4-18(21(24)29)20(19)25-22(26)28-12-3-11-27(14-15-28)13-10-16-6-8-17(23)9-7-16/h2,4-9H,3,10-15H2,1H3,(H2,24,29). The molecule has 0 aliphatic carbocycles. The largest absolute Gasteiger partial charge is 0.366 e. The smallest absolute Gasteiger partial charge is 0.250 e. The van der Waals surface area contributed by atoms with Crippen LogP contribution in [0.3, 0.4) is 0 Å². The third-order valence-corrected chi connectivity index (χ3v) is 5.91. The van der Waals surface area contributed by atoms with Crippen molar-refractivity contribution >= 4 is 34.5 Å². The summed E-state index contributed by atoms with van der Waals surface area (Å²) in [6.07, 6.45) is 2.10. The maximum atomic E-state index is 11.8. The molecule has 4 rings (SSSR count). The number of rotatable bonds is 5. The lowest BCUT2D eigenvalue weighted by molar-refractivity contribution is 0.100. The first-order valence-corrected chi connectivity index (χ1v) is 10.4. The van der Waals surface area contributed by atoms with Crippen LogP contribution in [0.25, 0.3) is 11.0 Å². The number of halogens is 1. The first-order valence-electron chi connectivity index (χ1n) is 10.00. The van der Waals surface area contributed by atoms with Gasteiger partial charge in [-0.3, -0.25) is 4.79 Å². The van der Waals surface area contributed by atoms with Gasteiger partial charge in [-0.25, -0.2) is 4.98 Å². The van der Waals surface area contributed by atoms with Crippen molar-refractivity contribution < 1.29 is 4.79 Å². The third-order valence-electron chi connectivity index (χ3n) is 5.65. The maximum Gasteiger partial charge on any atom is 0.250 e. The number of nitrogens with zero attached hydrogens (tertiary/aromatic N) is 4. The number of imidazole rings is 1. The van der Waals surface area contributed by atoms with Gasteiger partial charge in [-0.2, -0.15) is 0 Å². The minimum absolute atomic E-state index is 0.440. The summed E-state index contributed by atoms with van der Waals surface area (Å²) >= 11 is 5.98. The summed E-state index contributed by atoms with van der Waals surface area (Å²) in [6.45, 7) is 4.94. The molecule has 7 heteroatoms. The maximum absolute atomic E-state index is 11.8. The van der Waals surface area contributed by atoms with Crippen LogP contribution in [0, 0.1) is 0 Å². The molecule has 0 radical (unpaired) electrons. The van der Waals surface area contributed by atoms with E-state index in [1.807, 2.05) is 31.3 Å². The van der Waals surface area contributed by atoms with Crippen LogP contribution < -0.4 is 10.6 Å². The summed E-state index contributed by atoms with van der Waals surface area (Å²) < 4.78 is 2.06. The molecule has 1 aromatic heterocycles. The molecule has 152 valence electrons. The Kier molecular flexibility index (Phi) is 5.74. The van der Waals surface area contributed by atoms with Gasteiger partial charge in [-0.15, -0.1) is 0 Å². The van der Waals surface area contributed by atoms with Gasteiger partial charge in [0.1, 0.15) is 5.52 Å². The second-order valence-electron chi connectivity index (χ2n) is 7.57. The fourth-order valence-electron chi connectivity index (χ4n) is 4.02. The molecule has 0 unspecified atom stereocenters. The molecule has 1 aliphatic rings. The average Bonchev–Trinajstić information content (AvgIpc) is 2.89. The lowest BCUT2D eigenvalue weighted by Crippen LogP contribution is -2.33. The fraction of sp³-hybridized carbons (Fsp3) is 0.364. The number of benzene rings is 2. The molecule has 0 saturated carbocycles.